The van der Waals surface area contributed by atoms with E-state index >= 15 is 0 Å². The summed E-state index contributed by atoms with van der Waals surface area (Å²) in [6, 6.07) is 4.86. The highest BCUT2D eigenvalue weighted by molar-refractivity contribution is 5.30. The van der Waals surface area contributed by atoms with Gasteiger partial charge in [0.15, 0.2) is 0 Å². The molecule has 0 fully saturated rings. The van der Waals surface area contributed by atoms with Gasteiger partial charge in [-0.15, -0.1) is 0 Å². The molecule has 88 valence electrons. The van der Waals surface area contributed by atoms with Crippen molar-refractivity contribution in [2.24, 2.45) is 0 Å². The first-order chi connectivity index (χ1) is 7.43. The lowest BCUT2D eigenvalue weighted by molar-refractivity contribution is -0.137. The van der Waals surface area contributed by atoms with E-state index in [4.69, 9.17) is 4.74 Å². The molecular formula is C12H13F3O. The Morgan fingerprint density at radius 2 is 2.00 bits per heavy atom. The Hall–Kier alpha value is -1.45. The second-order valence-electron chi connectivity index (χ2n) is 3.37. The Bertz CT molecular complexity index is 369. The van der Waals surface area contributed by atoms with Crippen LogP contribution in [0.5, 0.6) is 5.75 Å². The zero-order valence-corrected chi connectivity index (χ0v) is 9.08. The van der Waals surface area contributed by atoms with Gasteiger partial charge < -0.3 is 4.74 Å². The maximum atomic E-state index is 12.4. The average Bonchev–Trinajstić information content (AvgIpc) is 2.17. The van der Waals surface area contributed by atoms with Crippen molar-refractivity contribution < 1.29 is 17.9 Å². The molecule has 1 atom stereocenters. The lowest BCUT2D eigenvalue weighted by atomic mass is 10.2. The molecule has 0 radical (unpaired) electrons. The van der Waals surface area contributed by atoms with Crippen molar-refractivity contribution in [2.45, 2.75) is 26.1 Å². The van der Waals surface area contributed by atoms with Crippen LogP contribution in [0.3, 0.4) is 0 Å². The fraction of sp³-hybridized carbons (Fsp3) is 0.333. The molecule has 0 aliphatic heterocycles. The van der Waals surface area contributed by atoms with Crippen molar-refractivity contribution in [1.29, 1.82) is 0 Å². The van der Waals surface area contributed by atoms with E-state index in [9.17, 15) is 13.2 Å². The molecule has 0 N–H and O–H groups in total. The summed E-state index contributed by atoms with van der Waals surface area (Å²) < 4.78 is 42.5. The maximum absolute atomic E-state index is 12.4. The summed E-state index contributed by atoms with van der Waals surface area (Å²) in [5, 5.41) is 0. The van der Waals surface area contributed by atoms with Crippen LogP contribution in [-0.2, 0) is 6.18 Å². The fourth-order valence-electron chi connectivity index (χ4n) is 1.27. The number of alkyl halides is 3. The van der Waals surface area contributed by atoms with Crippen LogP contribution in [0.4, 0.5) is 13.2 Å². The van der Waals surface area contributed by atoms with E-state index in [1.54, 1.807) is 19.1 Å². The summed E-state index contributed by atoms with van der Waals surface area (Å²) in [5.41, 5.74) is -0.697. The predicted molar refractivity (Wildman–Crippen MR) is 56.3 cm³/mol. The molecule has 0 heterocycles. The van der Waals surface area contributed by atoms with E-state index < -0.39 is 11.7 Å². The molecule has 0 bridgehead atoms. The molecule has 0 aliphatic rings. The van der Waals surface area contributed by atoms with E-state index in [1.165, 1.54) is 12.1 Å². The highest BCUT2D eigenvalue weighted by Gasteiger charge is 2.30. The highest BCUT2D eigenvalue weighted by atomic mass is 19.4. The molecule has 0 aromatic heterocycles. The molecule has 1 aromatic carbocycles. The summed E-state index contributed by atoms with van der Waals surface area (Å²) in [5.74, 6) is 0.223. The Morgan fingerprint density at radius 1 is 1.31 bits per heavy atom. The van der Waals surface area contributed by atoms with E-state index in [2.05, 4.69) is 0 Å². The zero-order chi connectivity index (χ0) is 12.2. The first-order valence-corrected chi connectivity index (χ1v) is 4.90. The van der Waals surface area contributed by atoms with Gasteiger partial charge in [-0.25, -0.2) is 0 Å². The molecule has 0 saturated carbocycles. The monoisotopic (exact) mass is 230 g/mol. The Morgan fingerprint density at radius 3 is 2.56 bits per heavy atom. The van der Waals surface area contributed by atoms with Crippen molar-refractivity contribution >= 4 is 0 Å². The van der Waals surface area contributed by atoms with Crippen LogP contribution in [0.15, 0.2) is 36.4 Å². The number of hydrogen-bond acceptors (Lipinski definition) is 1. The summed E-state index contributed by atoms with van der Waals surface area (Å²) in [4.78, 5) is 0. The SMILES string of the molecule is CC=CC(C)Oc1cccc(C(F)(F)F)c1. The van der Waals surface area contributed by atoms with E-state index in [-0.39, 0.29) is 11.9 Å². The van der Waals surface area contributed by atoms with Crippen LogP contribution in [0, 0.1) is 0 Å². The van der Waals surface area contributed by atoms with E-state index in [0.29, 0.717) is 0 Å². The Kier molecular flexibility index (Phi) is 3.99. The molecule has 0 spiro atoms. The molecular weight excluding hydrogens is 217 g/mol. The molecule has 0 saturated heterocycles. The van der Waals surface area contributed by atoms with Crippen molar-refractivity contribution in [3.8, 4) is 5.75 Å². The topological polar surface area (TPSA) is 9.23 Å². The number of halogens is 3. The van der Waals surface area contributed by atoms with Gasteiger partial charge in [0.25, 0.3) is 0 Å². The number of ether oxygens (including phenoxy) is 1. The number of allylic oxidation sites excluding steroid dienone is 1. The van der Waals surface area contributed by atoms with E-state index in [1.807, 2.05) is 6.92 Å². The summed E-state index contributed by atoms with van der Waals surface area (Å²) in [7, 11) is 0. The maximum Gasteiger partial charge on any atom is 0.416 e. The van der Waals surface area contributed by atoms with Gasteiger partial charge in [-0.1, -0.05) is 12.1 Å². The summed E-state index contributed by atoms with van der Waals surface area (Å²) >= 11 is 0. The summed E-state index contributed by atoms with van der Waals surface area (Å²) in [6.45, 7) is 3.59. The quantitative estimate of drug-likeness (QED) is 0.712. The van der Waals surface area contributed by atoms with Crippen molar-refractivity contribution in [1.82, 2.24) is 0 Å². The fourth-order valence-corrected chi connectivity index (χ4v) is 1.27. The molecule has 1 rings (SSSR count). The van der Waals surface area contributed by atoms with Gasteiger partial charge in [0.2, 0.25) is 0 Å². The lowest BCUT2D eigenvalue weighted by Crippen LogP contribution is -2.09. The number of rotatable bonds is 3. The van der Waals surface area contributed by atoms with E-state index in [0.717, 1.165) is 12.1 Å². The third kappa shape index (κ3) is 3.61. The van der Waals surface area contributed by atoms with Gasteiger partial charge in [-0.2, -0.15) is 13.2 Å². The van der Waals surface area contributed by atoms with Crippen LogP contribution >= 0.6 is 0 Å². The molecule has 1 nitrogen and oxygen atoms in total. The van der Waals surface area contributed by atoms with Crippen molar-refractivity contribution in [3.63, 3.8) is 0 Å². The minimum atomic E-state index is -4.33. The van der Waals surface area contributed by atoms with Gasteiger partial charge in [0.1, 0.15) is 11.9 Å². The second kappa shape index (κ2) is 5.05. The Labute approximate surface area is 92.5 Å². The van der Waals surface area contributed by atoms with Crippen LogP contribution in [0.2, 0.25) is 0 Å². The van der Waals surface area contributed by atoms with Gasteiger partial charge in [-0.05, 0) is 38.1 Å². The van der Waals surface area contributed by atoms with Gasteiger partial charge in [-0.3, -0.25) is 0 Å². The lowest BCUT2D eigenvalue weighted by Gasteiger charge is -2.13. The minimum Gasteiger partial charge on any atom is -0.487 e. The molecule has 1 aromatic rings. The molecule has 0 amide bonds. The van der Waals surface area contributed by atoms with Crippen molar-refractivity contribution in [2.75, 3.05) is 0 Å². The molecule has 16 heavy (non-hydrogen) atoms. The minimum absolute atomic E-state index is 0.223. The third-order valence-corrected chi connectivity index (χ3v) is 1.95. The normalized spacial score (nSPS) is 14.1. The summed E-state index contributed by atoms with van der Waals surface area (Å²) in [6.07, 6.45) is -1.02. The predicted octanol–water partition coefficient (Wildman–Crippen LogP) is 4.05. The second-order valence-corrected chi connectivity index (χ2v) is 3.37. The first kappa shape index (κ1) is 12.6. The number of benzene rings is 1. The van der Waals surface area contributed by atoms with Gasteiger partial charge in [0.05, 0.1) is 5.56 Å². The van der Waals surface area contributed by atoms with Crippen LogP contribution < -0.4 is 4.74 Å². The smallest absolute Gasteiger partial charge is 0.416 e. The Balaban J connectivity index is 2.83. The van der Waals surface area contributed by atoms with Crippen LogP contribution in [0.25, 0.3) is 0 Å². The van der Waals surface area contributed by atoms with Crippen LogP contribution in [-0.4, -0.2) is 6.10 Å². The van der Waals surface area contributed by atoms with Crippen molar-refractivity contribution in [3.05, 3.63) is 42.0 Å². The molecule has 4 heteroatoms. The van der Waals surface area contributed by atoms with Gasteiger partial charge in [0, 0.05) is 0 Å². The molecule has 0 aliphatic carbocycles. The largest absolute Gasteiger partial charge is 0.487 e. The number of hydrogen-bond donors (Lipinski definition) is 0. The zero-order valence-electron chi connectivity index (χ0n) is 9.08. The first-order valence-electron chi connectivity index (χ1n) is 4.90. The van der Waals surface area contributed by atoms with Gasteiger partial charge >= 0.3 is 6.18 Å². The molecule has 1 unspecified atom stereocenters. The standard InChI is InChI=1S/C12H13F3O/c1-3-5-9(2)16-11-7-4-6-10(8-11)12(13,14)15/h3-9H,1-2H3. The van der Waals surface area contributed by atoms with Crippen LogP contribution in [0.1, 0.15) is 19.4 Å². The highest BCUT2D eigenvalue weighted by Crippen LogP contribution is 2.31. The third-order valence-electron chi connectivity index (χ3n) is 1.95. The average molecular weight is 230 g/mol.